The second-order valence-electron chi connectivity index (χ2n) is 3.36. The Morgan fingerprint density at radius 3 is 1.35 bits per heavy atom. The second kappa shape index (κ2) is 9.23. The average molecular weight is 423 g/mol. The van der Waals surface area contributed by atoms with Crippen LogP contribution in [0.4, 0.5) is 0 Å². The van der Waals surface area contributed by atoms with Gasteiger partial charge >= 0.3 is 22.4 Å². The van der Waals surface area contributed by atoms with Gasteiger partial charge in [-0.3, -0.25) is 0 Å². The summed E-state index contributed by atoms with van der Waals surface area (Å²) in [6.45, 7) is 2.34. The van der Waals surface area contributed by atoms with Crippen molar-refractivity contribution in [2.24, 2.45) is 0 Å². The Balaban J connectivity index is 0.000000811. The third kappa shape index (κ3) is 4.90. The minimum atomic E-state index is -0.545. The van der Waals surface area contributed by atoms with Crippen molar-refractivity contribution < 1.29 is 22.4 Å². The van der Waals surface area contributed by atoms with Crippen LogP contribution in [0.2, 0.25) is 0 Å². The SMILES string of the molecule is C[PH+](c1ccccc1)c1ccccc1.[Au+].[C-]#C. The van der Waals surface area contributed by atoms with Gasteiger partial charge in [-0.1, -0.05) is 36.4 Å². The Kier molecular flexibility index (Phi) is 8.78. The molecule has 0 atom stereocenters. The molecule has 90 valence electrons. The van der Waals surface area contributed by atoms with Gasteiger partial charge in [-0.15, -0.1) is 0 Å². The Bertz CT molecular complexity index is 383. The van der Waals surface area contributed by atoms with Gasteiger partial charge in [0.15, 0.2) is 0 Å². The van der Waals surface area contributed by atoms with Crippen LogP contribution in [0.3, 0.4) is 0 Å². The third-order valence-corrected chi connectivity index (χ3v) is 4.81. The van der Waals surface area contributed by atoms with Crippen LogP contribution in [0.1, 0.15) is 0 Å². The summed E-state index contributed by atoms with van der Waals surface area (Å²) in [7, 11) is -0.545. The van der Waals surface area contributed by atoms with Crippen molar-refractivity contribution in [3.63, 3.8) is 0 Å². The van der Waals surface area contributed by atoms with Gasteiger partial charge in [0.25, 0.3) is 0 Å². The van der Waals surface area contributed by atoms with Gasteiger partial charge in [-0.2, -0.15) is 0 Å². The van der Waals surface area contributed by atoms with Crippen LogP contribution in [0.25, 0.3) is 0 Å². The maximum absolute atomic E-state index is 5.25. The number of rotatable bonds is 2. The molecule has 0 heterocycles. The first-order valence-electron chi connectivity index (χ1n) is 5.11. The van der Waals surface area contributed by atoms with E-state index in [2.05, 4.69) is 73.8 Å². The zero-order valence-corrected chi connectivity index (χ0v) is 12.8. The normalized spacial score (nSPS) is 8.71. The summed E-state index contributed by atoms with van der Waals surface area (Å²) in [5.74, 6) is 0. The topological polar surface area (TPSA) is 0 Å². The van der Waals surface area contributed by atoms with E-state index in [1.54, 1.807) is 0 Å². The minimum absolute atomic E-state index is 0. The van der Waals surface area contributed by atoms with Crippen LogP contribution in [0, 0.1) is 12.8 Å². The van der Waals surface area contributed by atoms with Crippen molar-refractivity contribution in [3.8, 4) is 6.42 Å². The molecule has 2 aromatic rings. The molecule has 0 aromatic heterocycles. The molecule has 0 unspecified atom stereocenters. The molecule has 0 spiro atoms. The third-order valence-electron chi connectivity index (χ3n) is 2.41. The first-order chi connectivity index (χ1) is 7.88. The van der Waals surface area contributed by atoms with Crippen LogP contribution in [0.5, 0.6) is 0 Å². The summed E-state index contributed by atoms with van der Waals surface area (Å²) in [5.41, 5.74) is 0. The van der Waals surface area contributed by atoms with Crippen LogP contribution in [0.15, 0.2) is 60.7 Å². The van der Waals surface area contributed by atoms with E-state index in [0.29, 0.717) is 0 Å². The quantitative estimate of drug-likeness (QED) is 0.302. The minimum Gasteiger partial charge on any atom is -0.697 e. The van der Waals surface area contributed by atoms with Crippen molar-refractivity contribution >= 4 is 18.5 Å². The zero-order valence-electron chi connectivity index (χ0n) is 9.65. The smallest absolute Gasteiger partial charge is 0.697 e. The molecule has 0 bridgehead atoms. The Morgan fingerprint density at radius 1 is 0.765 bits per heavy atom. The summed E-state index contributed by atoms with van der Waals surface area (Å²) < 4.78 is 0. The molecule has 2 aromatic carbocycles. The van der Waals surface area contributed by atoms with Crippen LogP contribution >= 0.6 is 7.92 Å². The maximum atomic E-state index is 5.25. The van der Waals surface area contributed by atoms with Crippen molar-refractivity contribution in [2.75, 3.05) is 6.66 Å². The standard InChI is InChI=1S/C13H13P.C2H.Au/c1-14(12-8-4-2-5-9-12)13-10-6-3-7-11-13;1-2;/h2-11H,1H3;1H;/q;-1;+1/p+1. The van der Waals surface area contributed by atoms with Crippen molar-refractivity contribution in [3.05, 3.63) is 67.1 Å². The van der Waals surface area contributed by atoms with Crippen molar-refractivity contribution in [1.82, 2.24) is 0 Å². The number of benzene rings is 2. The van der Waals surface area contributed by atoms with Gasteiger partial charge in [0.2, 0.25) is 0 Å². The molecule has 0 radical (unpaired) electrons. The number of hydrogen-bond acceptors (Lipinski definition) is 0. The predicted molar refractivity (Wildman–Crippen MR) is 74.6 cm³/mol. The summed E-state index contributed by atoms with van der Waals surface area (Å²) in [6.07, 6.45) is 9.00. The van der Waals surface area contributed by atoms with Crippen LogP contribution in [-0.2, 0) is 22.4 Å². The molecule has 0 saturated heterocycles. The average Bonchev–Trinajstić information content (AvgIpc) is 2.42. The molecule has 2 heteroatoms. The molecule has 0 saturated carbocycles. The fourth-order valence-corrected chi connectivity index (χ4v) is 3.26. The molecule has 0 nitrogen and oxygen atoms in total. The van der Waals surface area contributed by atoms with E-state index >= 15 is 0 Å². The van der Waals surface area contributed by atoms with E-state index in [1.807, 2.05) is 0 Å². The predicted octanol–water partition coefficient (Wildman–Crippen LogP) is 2.68. The Morgan fingerprint density at radius 2 is 1.06 bits per heavy atom. The van der Waals surface area contributed by atoms with Gasteiger partial charge in [0.05, 0.1) is 25.2 Å². The summed E-state index contributed by atoms with van der Waals surface area (Å²) in [5, 5.41) is 2.95. The van der Waals surface area contributed by atoms with Gasteiger partial charge < -0.3 is 12.8 Å². The Hall–Kier alpha value is -0.830. The maximum Gasteiger partial charge on any atom is 1.00 e. The molecule has 0 aliphatic rings. The van der Waals surface area contributed by atoms with E-state index in [1.165, 1.54) is 10.6 Å². The van der Waals surface area contributed by atoms with Gasteiger partial charge in [0, 0.05) is 0 Å². The first kappa shape index (κ1) is 16.2. The molecular weight excluding hydrogens is 408 g/mol. The fourth-order valence-electron chi connectivity index (χ4n) is 1.54. The van der Waals surface area contributed by atoms with E-state index in [9.17, 15) is 0 Å². The fraction of sp³-hybridized carbons (Fsp3) is 0.0667. The molecule has 0 aliphatic heterocycles. The van der Waals surface area contributed by atoms with Gasteiger partial charge in [-0.05, 0) is 24.3 Å². The summed E-state index contributed by atoms with van der Waals surface area (Å²) >= 11 is 0. The molecule has 0 fully saturated rings. The van der Waals surface area contributed by atoms with E-state index in [4.69, 9.17) is 6.42 Å². The van der Waals surface area contributed by atoms with E-state index < -0.39 is 7.92 Å². The summed E-state index contributed by atoms with van der Waals surface area (Å²) in [4.78, 5) is 0. The number of terminal acetylenes is 1. The molecule has 0 N–H and O–H groups in total. The van der Waals surface area contributed by atoms with Crippen molar-refractivity contribution in [2.45, 2.75) is 0 Å². The van der Waals surface area contributed by atoms with E-state index in [0.717, 1.165) is 0 Å². The van der Waals surface area contributed by atoms with Crippen LogP contribution < -0.4 is 10.6 Å². The summed E-state index contributed by atoms with van der Waals surface area (Å²) in [6, 6.07) is 21.5. The Labute approximate surface area is 121 Å². The molecular formula is C15H15AuP+. The van der Waals surface area contributed by atoms with E-state index in [-0.39, 0.29) is 22.4 Å². The molecule has 0 amide bonds. The monoisotopic (exact) mass is 423 g/mol. The van der Waals surface area contributed by atoms with Crippen LogP contribution in [-0.4, -0.2) is 6.66 Å². The second-order valence-corrected chi connectivity index (χ2v) is 5.76. The number of hydrogen-bond donors (Lipinski definition) is 0. The van der Waals surface area contributed by atoms with Gasteiger partial charge in [0.1, 0.15) is 0 Å². The van der Waals surface area contributed by atoms with Crippen molar-refractivity contribution in [1.29, 1.82) is 0 Å². The largest absolute Gasteiger partial charge is 1.00 e. The first-order valence-corrected chi connectivity index (χ1v) is 7.11. The molecule has 17 heavy (non-hydrogen) atoms. The van der Waals surface area contributed by atoms with Gasteiger partial charge in [-0.25, -0.2) is 0 Å². The molecule has 0 aliphatic carbocycles. The molecule has 2 rings (SSSR count). The zero-order chi connectivity index (χ0) is 11.8.